The Hall–Kier alpha value is -3.66. The van der Waals surface area contributed by atoms with E-state index >= 15 is 0 Å². The molecule has 10 heteroatoms. The van der Waals surface area contributed by atoms with Crippen molar-refractivity contribution < 1.29 is 9.59 Å². The monoisotopic (exact) mass is 450 g/mol. The lowest BCUT2D eigenvalue weighted by Crippen LogP contribution is -2.40. The maximum Gasteiger partial charge on any atom is 0.321 e. The molecule has 0 saturated heterocycles. The fourth-order valence-electron chi connectivity index (χ4n) is 3.45. The van der Waals surface area contributed by atoms with Gasteiger partial charge in [0.05, 0.1) is 22.3 Å². The van der Waals surface area contributed by atoms with Gasteiger partial charge in [0.15, 0.2) is 5.16 Å². The van der Waals surface area contributed by atoms with Crippen LogP contribution >= 0.6 is 11.8 Å². The summed E-state index contributed by atoms with van der Waals surface area (Å²) in [5.41, 5.74) is 3.11. The average molecular weight is 451 g/mol. The Morgan fingerprint density at radius 1 is 1.09 bits per heavy atom. The smallest absolute Gasteiger partial charge is 0.321 e. The molecule has 2 N–H and O–H groups in total. The Labute approximate surface area is 187 Å². The zero-order valence-corrected chi connectivity index (χ0v) is 18.7. The Morgan fingerprint density at radius 3 is 2.66 bits per heavy atom. The molecule has 0 aliphatic rings. The first-order valence-corrected chi connectivity index (χ1v) is 11.1. The van der Waals surface area contributed by atoms with Crippen LogP contribution in [0.15, 0.2) is 52.4 Å². The van der Waals surface area contributed by atoms with Gasteiger partial charge in [0.1, 0.15) is 0 Å². The molecule has 4 rings (SSSR count). The molecule has 0 fully saturated rings. The molecule has 0 saturated carbocycles. The number of rotatable bonds is 5. The van der Waals surface area contributed by atoms with Crippen LogP contribution in [-0.4, -0.2) is 43.4 Å². The van der Waals surface area contributed by atoms with E-state index in [1.807, 2.05) is 44.2 Å². The lowest BCUT2D eigenvalue weighted by molar-refractivity contribution is -0.117. The lowest BCUT2D eigenvalue weighted by atomic mass is 10.1. The molecule has 32 heavy (non-hydrogen) atoms. The van der Waals surface area contributed by atoms with Gasteiger partial charge in [-0.3, -0.25) is 19.3 Å². The van der Waals surface area contributed by atoms with Crippen molar-refractivity contribution >= 4 is 40.4 Å². The standard InChI is InChI=1S/C22H22N6O3S/c1-4-23-20(31)24-18(29)12-32-22-26-25-21-27(17-11-13(2)9-10-14(17)3)19(30)15-7-5-6-8-16(15)28(21)22/h5-11H,4,12H2,1-3H3,(H2,23,24,29,31). The van der Waals surface area contributed by atoms with Gasteiger partial charge in [0.25, 0.3) is 5.56 Å². The van der Waals surface area contributed by atoms with E-state index in [2.05, 4.69) is 20.8 Å². The van der Waals surface area contributed by atoms with E-state index in [0.29, 0.717) is 28.4 Å². The van der Waals surface area contributed by atoms with Gasteiger partial charge < -0.3 is 5.32 Å². The van der Waals surface area contributed by atoms with Gasteiger partial charge in [0.2, 0.25) is 11.7 Å². The molecule has 0 aliphatic carbocycles. The van der Waals surface area contributed by atoms with E-state index in [0.717, 1.165) is 28.6 Å². The third-order valence-corrected chi connectivity index (χ3v) is 5.85. The van der Waals surface area contributed by atoms with Gasteiger partial charge in [-0.2, -0.15) is 0 Å². The van der Waals surface area contributed by atoms with Gasteiger partial charge in [-0.25, -0.2) is 9.36 Å². The summed E-state index contributed by atoms with van der Waals surface area (Å²) in [6.45, 7) is 6.08. The third kappa shape index (κ3) is 3.96. The number of para-hydroxylation sites is 1. The Kier molecular flexibility index (Phi) is 5.95. The molecule has 0 radical (unpaired) electrons. The number of benzene rings is 2. The maximum atomic E-state index is 13.4. The molecule has 0 aliphatic heterocycles. The highest BCUT2D eigenvalue weighted by Gasteiger charge is 2.19. The van der Waals surface area contributed by atoms with Crippen LogP contribution in [0.4, 0.5) is 4.79 Å². The SMILES string of the molecule is CCNC(=O)NC(=O)CSc1nnc2n(-c3cc(C)ccc3C)c(=O)c3ccccc3n12. The number of imide groups is 1. The molecule has 0 bridgehead atoms. The van der Waals surface area contributed by atoms with Crippen LogP contribution < -0.4 is 16.2 Å². The van der Waals surface area contributed by atoms with Gasteiger partial charge in [-0.1, -0.05) is 36.0 Å². The summed E-state index contributed by atoms with van der Waals surface area (Å²) >= 11 is 1.14. The van der Waals surface area contributed by atoms with Crippen molar-refractivity contribution in [1.29, 1.82) is 0 Å². The summed E-state index contributed by atoms with van der Waals surface area (Å²) in [5, 5.41) is 14.3. The number of thioether (sulfide) groups is 1. The molecule has 2 aromatic heterocycles. The highest BCUT2D eigenvalue weighted by molar-refractivity contribution is 7.99. The van der Waals surface area contributed by atoms with Crippen molar-refractivity contribution in [3.8, 4) is 5.69 Å². The molecule has 3 amide bonds. The molecule has 0 spiro atoms. The molecule has 2 heterocycles. The van der Waals surface area contributed by atoms with Crippen molar-refractivity contribution in [2.45, 2.75) is 25.9 Å². The highest BCUT2D eigenvalue weighted by Crippen LogP contribution is 2.24. The first-order chi connectivity index (χ1) is 15.4. The second kappa shape index (κ2) is 8.83. The van der Waals surface area contributed by atoms with Gasteiger partial charge in [0, 0.05) is 6.54 Å². The van der Waals surface area contributed by atoms with Crippen molar-refractivity contribution in [2.75, 3.05) is 12.3 Å². The Morgan fingerprint density at radius 2 is 1.88 bits per heavy atom. The van der Waals surface area contributed by atoms with E-state index in [9.17, 15) is 14.4 Å². The van der Waals surface area contributed by atoms with Crippen LogP contribution in [0.25, 0.3) is 22.4 Å². The van der Waals surface area contributed by atoms with Crippen LogP contribution in [0.3, 0.4) is 0 Å². The summed E-state index contributed by atoms with van der Waals surface area (Å²) in [5.74, 6) is -0.131. The van der Waals surface area contributed by atoms with Gasteiger partial charge in [-0.05, 0) is 50.1 Å². The van der Waals surface area contributed by atoms with Crippen LogP contribution in [-0.2, 0) is 4.79 Å². The maximum absolute atomic E-state index is 13.4. The normalized spacial score (nSPS) is 11.1. The number of aryl methyl sites for hydroxylation is 2. The number of carbonyl (C=O) groups excluding carboxylic acids is 2. The van der Waals surface area contributed by atoms with Gasteiger partial charge in [-0.15, -0.1) is 10.2 Å². The van der Waals surface area contributed by atoms with Crippen LogP contribution in [0, 0.1) is 13.8 Å². The number of carbonyl (C=O) groups is 2. The second-order valence-corrected chi connectivity index (χ2v) is 8.20. The number of nitrogens with one attached hydrogen (secondary N) is 2. The zero-order valence-electron chi connectivity index (χ0n) is 17.9. The molecular weight excluding hydrogens is 428 g/mol. The average Bonchev–Trinajstić information content (AvgIpc) is 3.19. The minimum absolute atomic E-state index is 0.0329. The van der Waals surface area contributed by atoms with E-state index in [1.54, 1.807) is 28.0 Å². The first kappa shape index (κ1) is 21.6. The summed E-state index contributed by atoms with van der Waals surface area (Å²) in [6, 6.07) is 12.6. The molecule has 0 atom stereocenters. The van der Waals surface area contributed by atoms with E-state index < -0.39 is 11.9 Å². The quantitative estimate of drug-likeness (QED) is 0.452. The number of urea groups is 1. The molecule has 9 nitrogen and oxygen atoms in total. The largest absolute Gasteiger partial charge is 0.338 e. The third-order valence-electron chi connectivity index (χ3n) is 4.92. The summed E-state index contributed by atoms with van der Waals surface area (Å²) in [6.07, 6.45) is 0. The van der Waals surface area contributed by atoms with Gasteiger partial charge >= 0.3 is 6.03 Å². The molecule has 164 valence electrons. The number of fused-ring (bicyclic) bond motifs is 3. The summed E-state index contributed by atoms with van der Waals surface area (Å²) < 4.78 is 3.32. The fourth-order valence-corrected chi connectivity index (χ4v) is 4.19. The van der Waals surface area contributed by atoms with Crippen LogP contribution in [0.1, 0.15) is 18.1 Å². The Bertz CT molecular complexity index is 1410. The van der Waals surface area contributed by atoms with Crippen molar-refractivity contribution in [3.05, 3.63) is 63.9 Å². The van der Waals surface area contributed by atoms with Crippen molar-refractivity contribution in [3.63, 3.8) is 0 Å². The number of nitrogens with zero attached hydrogens (tertiary/aromatic N) is 4. The first-order valence-electron chi connectivity index (χ1n) is 10.1. The number of aromatic nitrogens is 4. The van der Waals surface area contributed by atoms with Crippen molar-refractivity contribution in [1.82, 2.24) is 29.8 Å². The highest BCUT2D eigenvalue weighted by atomic mass is 32.2. The minimum atomic E-state index is -0.543. The van der Waals surface area contributed by atoms with E-state index in [-0.39, 0.29) is 11.3 Å². The second-order valence-electron chi connectivity index (χ2n) is 7.26. The van der Waals surface area contributed by atoms with Crippen molar-refractivity contribution in [2.24, 2.45) is 0 Å². The Balaban J connectivity index is 1.83. The summed E-state index contributed by atoms with van der Waals surface area (Å²) in [4.78, 5) is 37.2. The van der Waals surface area contributed by atoms with E-state index in [4.69, 9.17) is 0 Å². The van der Waals surface area contributed by atoms with E-state index in [1.165, 1.54) is 0 Å². The number of amides is 3. The molecule has 0 unspecified atom stereocenters. The predicted molar refractivity (Wildman–Crippen MR) is 124 cm³/mol. The molecule has 4 aromatic rings. The lowest BCUT2D eigenvalue weighted by Gasteiger charge is -2.14. The molecular formula is C22H22N6O3S. The number of hydrogen-bond acceptors (Lipinski definition) is 6. The van der Waals surface area contributed by atoms with Crippen LogP contribution in [0.5, 0.6) is 0 Å². The number of hydrogen-bond donors (Lipinski definition) is 2. The topological polar surface area (TPSA) is 110 Å². The van der Waals surface area contributed by atoms with Crippen LogP contribution in [0.2, 0.25) is 0 Å². The zero-order chi connectivity index (χ0) is 22.8. The summed E-state index contributed by atoms with van der Waals surface area (Å²) in [7, 11) is 0. The minimum Gasteiger partial charge on any atom is -0.338 e. The predicted octanol–water partition coefficient (Wildman–Crippen LogP) is 2.59. The molecule has 2 aromatic carbocycles. The fraction of sp³-hybridized carbons (Fsp3) is 0.227.